The molecule has 0 aliphatic carbocycles. The summed E-state index contributed by atoms with van der Waals surface area (Å²) in [5, 5.41) is 14.9. The van der Waals surface area contributed by atoms with Crippen LogP contribution in [0.3, 0.4) is 0 Å². The van der Waals surface area contributed by atoms with Crippen molar-refractivity contribution in [3.05, 3.63) is 40.5 Å². The molecule has 0 unspecified atom stereocenters. The molecule has 9 heteroatoms. The second kappa shape index (κ2) is 9.68. The summed E-state index contributed by atoms with van der Waals surface area (Å²) in [6, 6.07) is 6.97. The number of aryl methyl sites for hydroxylation is 1. The van der Waals surface area contributed by atoms with Crippen LogP contribution in [0.5, 0.6) is 5.75 Å². The number of anilines is 1. The molecule has 28 heavy (non-hydrogen) atoms. The van der Waals surface area contributed by atoms with Crippen molar-refractivity contribution < 1.29 is 13.2 Å². The average Bonchev–Trinajstić information content (AvgIpc) is 3.10. The fraction of sp³-hybridized carbons (Fsp3) is 0.368. The molecular formula is C19H24N4O3S2. The van der Waals surface area contributed by atoms with Crippen molar-refractivity contribution >= 4 is 32.6 Å². The topological polar surface area (TPSA) is 95.3 Å². The Hall–Kier alpha value is -2.41. The summed E-state index contributed by atoms with van der Waals surface area (Å²) in [5.74, 6) is 0.306. The fourth-order valence-corrected chi connectivity index (χ4v) is 4.93. The summed E-state index contributed by atoms with van der Waals surface area (Å²) in [4.78, 5) is 4.40. The Morgan fingerprint density at radius 2 is 2.07 bits per heavy atom. The molecule has 2 aromatic rings. The number of hydrogen-bond acceptors (Lipinski definition) is 7. The maximum absolute atomic E-state index is 13.0. The molecule has 1 aromatic heterocycles. The van der Waals surface area contributed by atoms with E-state index in [1.54, 1.807) is 32.9 Å². The van der Waals surface area contributed by atoms with Crippen LogP contribution in [0.1, 0.15) is 31.5 Å². The number of thiazole rings is 1. The van der Waals surface area contributed by atoms with Gasteiger partial charge in [0.25, 0.3) is 0 Å². The average molecular weight is 421 g/mol. The highest BCUT2D eigenvalue weighted by atomic mass is 32.2. The third-order valence-electron chi connectivity index (χ3n) is 3.92. The van der Waals surface area contributed by atoms with Crippen LogP contribution >= 0.6 is 11.3 Å². The predicted molar refractivity (Wildman–Crippen MR) is 112 cm³/mol. The number of hydrogen-bond donors (Lipinski definition) is 1. The van der Waals surface area contributed by atoms with Gasteiger partial charge in [-0.2, -0.15) is 9.57 Å². The van der Waals surface area contributed by atoms with Crippen LogP contribution in [0, 0.1) is 18.3 Å². The minimum Gasteiger partial charge on any atom is -0.492 e. The van der Waals surface area contributed by atoms with Crippen molar-refractivity contribution in [3.8, 4) is 11.8 Å². The van der Waals surface area contributed by atoms with Crippen LogP contribution in [0.2, 0.25) is 0 Å². The molecule has 0 saturated carbocycles. The molecular weight excluding hydrogens is 396 g/mol. The Balaban J connectivity index is 2.42. The van der Waals surface area contributed by atoms with E-state index in [2.05, 4.69) is 16.4 Å². The van der Waals surface area contributed by atoms with E-state index in [4.69, 9.17) is 4.74 Å². The summed E-state index contributed by atoms with van der Waals surface area (Å²) in [6.07, 6.45) is 1.53. The van der Waals surface area contributed by atoms with Gasteiger partial charge in [-0.15, -0.1) is 11.3 Å². The number of nitriles is 1. The number of allylic oxidation sites excluding steroid dienone is 1. The molecule has 0 aliphatic heterocycles. The first-order valence-electron chi connectivity index (χ1n) is 8.93. The Kier molecular flexibility index (Phi) is 7.57. The Morgan fingerprint density at radius 1 is 1.36 bits per heavy atom. The van der Waals surface area contributed by atoms with E-state index in [1.807, 2.05) is 12.3 Å². The van der Waals surface area contributed by atoms with Gasteiger partial charge in [0.1, 0.15) is 27.3 Å². The van der Waals surface area contributed by atoms with Gasteiger partial charge in [0.2, 0.25) is 10.0 Å². The number of benzene rings is 1. The van der Waals surface area contributed by atoms with E-state index >= 15 is 0 Å². The van der Waals surface area contributed by atoms with E-state index in [-0.39, 0.29) is 4.90 Å². The lowest BCUT2D eigenvalue weighted by atomic mass is 10.3. The molecule has 0 radical (unpaired) electrons. The van der Waals surface area contributed by atoms with Gasteiger partial charge in [-0.05, 0) is 32.0 Å². The fourth-order valence-electron chi connectivity index (χ4n) is 2.55. The normalized spacial score (nSPS) is 12.1. The van der Waals surface area contributed by atoms with Crippen molar-refractivity contribution in [2.45, 2.75) is 32.6 Å². The van der Waals surface area contributed by atoms with Crippen LogP contribution in [-0.2, 0) is 10.0 Å². The first-order chi connectivity index (χ1) is 13.4. The zero-order valence-corrected chi connectivity index (χ0v) is 18.0. The molecule has 1 heterocycles. The smallest absolute Gasteiger partial charge is 0.246 e. The van der Waals surface area contributed by atoms with Crippen LogP contribution in [0.4, 0.5) is 5.69 Å². The lowest BCUT2D eigenvalue weighted by Crippen LogP contribution is -2.31. The van der Waals surface area contributed by atoms with Gasteiger partial charge in [-0.25, -0.2) is 13.4 Å². The molecule has 150 valence electrons. The van der Waals surface area contributed by atoms with Crippen LogP contribution in [-0.4, -0.2) is 37.4 Å². The van der Waals surface area contributed by atoms with E-state index < -0.39 is 10.0 Å². The van der Waals surface area contributed by atoms with Crippen molar-refractivity contribution in [2.24, 2.45) is 0 Å². The van der Waals surface area contributed by atoms with Crippen LogP contribution in [0.25, 0.3) is 5.57 Å². The number of nitrogens with zero attached hydrogens (tertiary/aromatic N) is 3. The molecule has 0 aliphatic rings. The molecule has 2 rings (SSSR count). The van der Waals surface area contributed by atoms with Crippen molar-refractivity contribution in [1.82, 2.24) is 9.29 Å². The second-order valence-corrected chi connectivity index (χ2v) is 8.56. The van der Waals surface area contributed by atoms with E-state index in [9.17, 15) is 13.7 Å². The van der Waals surface area contributed by atoms with Gasteiger partial charge < -0.3 is 10.1 Å². The summed E-state index contributed by atoms with van der Waals surface area (Å²) in [7, 11) is -3.70. The molecule has 0 bridgehead atoms. The molecule has 1 aromatic carbocycles. The summed E-state index contributed by atoms with van der Waals surface area (Å²) in [6.45, 7) is 8.34. The maximum atomic E-state index is 13.0. The maximum Gasteiger partial charge on any atom is 0.246 e. The first-order valence-corrected chi connectivity index (χ1v) is 11.3. The Labute approximate surface area is 170 Å². The van der Waals surface area contributed by atoms with Crippen LogP contribution < -0.4 is 10.1 Å². The molecule has 0 saturated heterocycles. The Bertz CT molecular complexity index is 987. The SMILES string of the molecule is CCOc1ccc(N/C=C(\C#N)c2nc(C)cs2)cc1S(=O)(=O)N(CC)CC. The van der Waals surface area contributed by atoms with E-state index in [0.717, 1.165) is 5.69 Å². The summed E-state index contributed by atoms with van der Waals surface area (Å²) in [5.41, 5.74) is 1.75. The predicted octanol–water partition coefficient (Wildman–Crippen LogP) is 3.86. The highest BCUT2D eigenvalue weighted by Gasteiger charge is 2.26. The minimum atomic E-state index is -3.70. The standard InChI is InChI=1S/C19H24N4O3S2/c1-5-23(6-2)28(24,25)18-10-16(8-9-17(18)26-7-3)21-12-15(11-20)19-22-14(4)13-27-19/h8-10,12-13,21H,5-7H2,1-4H3/b15-12+. The van der Waals surface area contributed by atoms with E-state index in [0.29, 0.717) is 41.7 Å². The monoisotopic (exact) mass is 420 g/mol. The van der Waals surface area contributed by atoms with Crippen molar-refractivity contribution in [1.29, 1.82) is 5.26 Å². The number of aromatic nitrogens is 1. The van der Waals surface area contributed by atoms with Gasteiger partial charge in [-0.1, -0.05) is 13.8 Å². The zero-order chi connectivity index (χ0) is 20.7. The van der Waals surface area contributed by atoms with Gasteiger partial charge in [0, 0.05) is 36.1 Å². The Morgan fingerprint density at radius 3 is 2.61 bits per heavy atom. The van der Waals surface area contributed by atoms with Gasteiger partial charge in [0.05, 0.1) is 6.61 Å². The van der Waals surface area contributed by atoms with Crippen molar-refractivity contribution in [2.75, 3.05) is 25.0 Å². The van der Waals surface area contributed by atoms with E-state index in [1.165, 1.54) is 27.9 Å². The molecule has 0 atom stereocenters. The molecule has 1 N–H and O–H groups in total. The molecule has 7 nitrogen and oxygen atoms in total. The third kappa shape index (κ3) is 4.90. The number of ether oxygens (including phenoxy) is 1. The minimum absolute atomic E-state index is 0.0973. The van der Waals surface area contributed by atoms with Crippen LogP contribution in [0.15, 0.2) is 34.7 Å². The number of sulfonamides is 1. The third-order valence-corrected chi connectivity index (χ3v) is 6.98. The quantitative estimate of drug-likeness (QED) is 0.619. The number of nitrogens with one attached hydrogen (secondary N) is 1. The zero-order valence-electron chi connectivity index (χ0n) is 16.4. The second-order valence-electron chi connectivity index (χ2n) is 5.79. The largest absolute Gasteiger partial charge is 0.492 e. The summed E-state index contributed by atoms with van der Waals surface area (Å²) < 4.78 is 32.9. The lowest BCUT2D eigenvalue weighted by Gasteiger charge is -2.21. The summed E-state index contributed by atoms with van der Waals surface area (Å²) >= 11 is 1.38. The van der Waals surface area contributed by atoms with Gasteiger partial charge >= 0.3 is 0 Å². The molecule has 0 fully saturated rings. The van der Waals surface area contributed by atoms with Gasteiger partial charge in [-0.3, -0.25) is 0 Å². The first kappa shape index (κ1) is 21.9. The lowest BCUT2D eigenvalue weighted by molar-refractivity contribution is 0.329. The highest BCUT2D eigenvalue weighted by molar-refractivity contribution is 7.89. The number of rotatable bonds is 9. The van der Waals surface area contributed by atoms with Gasteiger partial charge in [0.15, 0.2) is 0 Å². The van der Waals surface area contributed by atoms with Crippen molar-refractivity contribution in [3.63, 3.8) is 0 Å². The molecule has 0 spiro atoms. The molecule has 0 amide bonds. The highest BCUT2D eigenvalue weighted by Crippen LogP contribution is 2.30.